The van der Waals surface area contributed by atoms with E-state index in [0.717, 1.165) is 11.3 Å². The lowest BCUT2D eigenvalue weighted by Crippen LogP contribution is -2.11. The predicted octanol–water partition coefficient (Wildman–Crippen LogP) is 4.54. The van der Waals surface area contributed by atoms with Gasteiger partial charge in [0.05, 0.1) is 16.8 Å². The van der Waals surface area contributed by atoms with E-state index in [1.54, 1.807) is 37.4 Å². The number of anilines is 1. The standard InChI is InChI=1S/C16H14BrNO5S2/c1-3-22-16(19)14-9(2)23-15-11(14)7-10(8-12(15)17)18-25(20,21)13-5-4-6-24-13/h4-8,18H,3H2,1-2H3. The molecule has 0 saturated heterocycles. The van der Waals surface area contributed by atoms with Crippen LogP contribution in [-0.4, -0.2) is 21.0 Å². The molecule has 0 fully saturated rings. The van der Waals surface area contributed by atoms with Gasteiger partial charge in [0.2, 0.25) is 0 Å². The van der Waals surface area contributed by atoms with Crippen molar-refractivity contribution < 1.29 is 22.4 Å². The number of halogens is 1. The van der Waals surface area contributed by atoms with E-state index >= 15 is 0 Å². The zero-order chi connectivity index (χ0) is 18.2. The van der Waals surface area contributed by atoms with Crippen LogP contribution in [0.3, 0.4) is 0 Å². The number of rotatable bonds is 5. The molecule has 0 bridgehead atoms. The van der Waals surface area contributed by atoms with Crippen molar-refractivity contribution in [3.8, 4) is 0 Å². The predicted molar refractivity (Wildman–Crippen MR) is 99.7 cm³/mol. The Bertz CT molecular complexity index is 1040. The van der Waals surface area contributed by atoms with Crippen molar-refractivity contribution in [1.29, 1.82) is 0 Å². The highest BCUT2D eigenvalue weighted by atomic mass is 79.9. The van der Waals surface area contributed by atoms with Crippen LogP contribution in [0.25, 0.3) is 11.0 Å². The Kier molecular flexibility index (Phi) is 4.90. The van der Waals surface area contributed by atoms with E-state index < -0.39 is 16.0 Å². The second kappa shape index (κ2) is 6.81. The quantitative estimate of drug-likeness (QED) is 0.584. The van der Waals surface area contributed by atoms with Gasteiger partial charge in [-0.3, -0.25) is 4.72 Å². The minimum Gasteiger partial charge on any atom is -0.462 e. The highest BCUT2D eigenvalue weighted by Gasteiger charge is 2.23. The first-order valence-corrected chi connectivity index (χ1v) is 10.4. The lowest BCUT2D eigenvalue weighted by atomic mass is 10.1. The molecule has 0 amide bonds. The van der Waals surface area contributed by atoms with Crippen molar-refractivity contribution in [3.63, 3.8) is 0 Å². The highest BCUT2D eigenvalue weighted by Crippen LogP contribution is 2.35. The van der Waals surface area contributed by atoms with Crippen LogP contribution in [0.5, 0.6) is 0 Å². The molecule has 0 aliphatic rings. The summed E-state index contributed by atoms with van der Waals surface area (Å²) in [5.74, 6) is -0.101. The number of furan rings is 1. The highest BCUT2D eigenvalue weighted by molar-refractivity contribution is 9.10. The van der Waals surface area contributed by atoms with Gasteiger partial charge in [-0.25, -0.2) is 13.2 Å². The van der Waals surface area contributed by atoms with Crippen LogP contribution in [0.2, 0.25) is 0 Å². The lowest BCUT2D eigenvalue weighted by molar-refractivity contribution is 0.0526. The molecule has 0 radical (unpaired) electrons. The third-order valence-electron chi connectivity index (χ3n) is 3.41. The maximum absolute atomic E-state index is 12.4. The molecule has 3 rings (SSSR count). The molecular formula is C16H14BrNO5S2. The van der Waals surface area contributed by atoms with Crippen molar-refractivity contribution in [2.45, 2.75) is 18.1 Å². The molecule has 132 valence electrons. The number of hydrogen-bond donors (Lipinski definition) is 1. The summed E-state index contributed by atoms with van der Waals surface area (Å²) in [7, 11) is -3.69. The first-order valence-electron chi connectivity index (χ1n) is 7.29. The summed E-state index contributed by atoms with van der Waals surface area (Å²) in [6, 6.07) is 6.34. The molecule has 0 atom stereocenters. The molecular weight excluding hydrogens is 430 g/mol. The number of carbonyl (C=O) groups is 1. The fraction of sp³-hybridized carbons (Fsp3) is 0.188. The van der Waals surface area contributed by atoms with Crippen LogP contribution < -0.4 is 4.72 Å². The molecule has 1 aromatic carbocycles. The van der Waals surface area contributed by atoms with E-state index in [4.69, 9.17) is 9.15 Å². The van der Waals surface area contributed by atoms with Gasteiger partial charge in [0.25, 0.3) is 10.0 Å². The summed E-state index contributed by atoms with van der Waals surface area (Å²) < 4.78 is 38.8. The van der Waals surface area contributed by atoms with Crippen LogP contribution >= 0.6 is 27.3 Å². The van der Waals surface area contributed by atoms with Crippen LogP contribution in [0.1, 0.15) is 23.0 Å². The SMILES string of the molecule is CCOC(=O)c1c(C)oc2c(Br)cc(NS(=O)(=O)c3cccs3)cc12. The number of nitrogens with one attached hydrogen (secondary N) is 1. The van der Waals surface area contributed by atoms with E-state index in [-0.39, 0.29) is 16.4 Å². The molecule has 1 N–H and O–H groups in total. The Morgan fingerprint density at radius 3 is 2.80 bits per heavy atom. The normalized spacial score (nSPS) is 11.6. The maximum Gasteiger partial charge on any atom is 0.342 e. The Labute approximate surface area is 157 Å². The molecule has 0 aliphatic heterocycles. The monoisotopic (exact) mass is 443 g/mol. The van der Waals surface area contributed by atoms with Gasteiger partial charge in [-0.05, 0) is 53.4 Å². The van der Waals surface area contributed by atoms with Gasteiger partial charge in [0.1, 0.15) is 21.1 Å². The van der Waals surface area contributed by atoms with E-state index in [9.17, 15) is 13.2 Å². The number of ether oxygens (including phenoxy) is 1. The second-order valence-electron chi connectivity index (χ2n) is 5.13. The minimum atomic E-state index is -3.69. The molecule has 0 saturated carbocycles. The van der Waals surface area contributed by atoms with Crippen LogP contribution in [0.15, 0.2) is 42.7 Å². The number of thiophene rings is 1. The van der Waals surface area contributed by atoms with Gasteiger partial charge in [0.15, 0.2) is 0 Å². The van der Waals surface area contributed by atoms with E-state index in [0.29, 0.717) is 26.9 Å². The van der Waals surface area contributed by atoms with Gasteiger partial charge in [0, 0.05) is 5.39 Å². The summed E-state index contributed by atoms with van der Waals surface area (Å²) in [5, 5.41) is 2.17. The average molecular weight is 444 g/mol. The number of hydrogen-bond acceptors (Lipinski definition) is 6. The summed E-state index contributed by atoms with van der Waals surface area (Å²) in [6.45, 7) is 3.61. The van der Waals surface area contributed by atoms with Crippen molar-refractivity contribution in [3.05, 3.63) is 45.4 Å². The first kappa shape index (κ1) is 18.0. The van der Waals surface area contributed by atoms with Gasteiger partial charge in [-0.15, -0.1) is 11.3 Å². The smallest absolute Gasteiger partial charge is 0.342 e. The molecule has 0 aliphatic carbocycles. The lowest BCUT2D eigenvalue weighted by Gasteiger charge is -2.07. The fourth-order valence-electron chi connectivity index (χ4n) is 2.41. The Morgan fingerprint density at radius 2 is 2.16 bits per heavy atom. The molecule has 0 spiro atoms. The molecule has 3 aromatic rings. The van der Waals surface area contributed by atoms with Gasteiger partial charge < -0.3 is 9.15 Å². The topological polar surface area (TPSA) is 85.6 Å². The molecule has 0 unspecified atom stereocenters. The Balaban J connectivity index is 2.09. The zero-order valence-electron chi connectivity index (χ0n) is 13.3. The molecule has 9 heteroatoms. The molecule has 6 nitrogen and oxygen atoms in total. The number of carbonyl (C=O) groups excluding carboxylic acids is 1. The summed E-state index contributed by atoms with van der Waals surface area (Å²) in [6.07, 6.45) is 0. The molecule has 25 heavy (non-hydrogen) atoms. The Morgan fingerprint density at radius 1 is 1.40 bits per heavy atom. The average Bonchev–Trinajstić information content (AvgIpc) is 3.15. The number of fused-ring (bicyclic) bond motifs is 1. The summed E-state index contributed by atoms with van der Waals surface area (Å²) in [5.41, 5.74) is 1.06. The number of sulfonamides is 1. The van der Waals surface area contributed by atoms with Gasteiger partial charge >= 0.3 is 5.97 Å². The molecule has 2 aromatic heterocycles. The number of esters is 1. The number of aryl methyl sites for hydroxylation is 1. The van der Waals surface area contributed by atoms with E-state index in [1.807, 2.05) is 0 Å². The van der Waals surface area contributed by atoms with Crippen LogP contribution in [0.4, 0.5) is 5.69 Å². The second-order valence-corrected chi connectivity index (χ2v) is 8.84. The van der Waals surface area contributed by atoms with Gasteiger partial charge in [-0.2, -0.15) is 0 Å². The molecule has 2 heterocycles. The largest absolute Gasteiger partial charge is 0.462 e. The third-order valence-corrected chi connectivity index (χ3v) is 6.78. The van der Waals surface area contributed by atoms with E-state index in [2.05, 4.69) is 20.7 Å². The van der Waals surface area contributed by atoms with Crippen molar-refractivity contribution in [2.75, 3.05) is 11.3 Å². The Hall–Kier alpha value is -1.84. The number of benzene rings is 1. The van der Waals surface area contributed by atoms with Crippen molar-refractivity contribution in [1.82, 2.24) is 0 Å². The minimum absolute atomic E-state index is 0.206. The van der Waals surface area contributed by atoms with Crippen LogP contribution in [0, 0.1) is 6.92 Å². The van der Waals surface area contributed by atoms with Gasteiger partial charge in [-0.1, -0.05) is 6.07 Å². The third kappa shape index (κ3) is 3.44. The maximum atomic E-state index is 12.4. The van der Waals surface area contributed by atoms with Crippen LogP contribution in [-0.2, 0) is 14.8 Å². The summed E-state index contributed by atoms with van der Waals surface area (Å²) >= 11 is 4.48. The first-order chi connectivity index (χ1) is 11.8. The zero-order valence-corrected chi connectivity index (χ0v) is 16.5. The summed E-state index contributed by atoms with van der Waals surface area (Å²) in [4.78, 5) is 12.2. The van der Waals surface area contributed by atoms with Crippen molar-refractivity contribution in [2.24, 2.45) is 0 Å². The fourth-order valence-corrected chi connectivity index (χ4v) is 4.99. The van der Waals surface area contributed by atoms with E-state index in [1.165, 1.54) is 6.07 Å². The van der Waals surface area contributed by atoms with Crippen molar-refractivity contribution >= 4 is 59.9 Å².